The number of aromatic nitrogens is 1. The van der Waals surface area contributed by atoms with Gasteiger partial charge in [-0.3, -0.25) is 24.6 Å². The fraction of sp³-hybridized carbons (Fsp3) is 0.174. The van der Waals surface area contributed by atoms with Gasteiger partial charge >= 0.3 is 5.97 Å². The number of hydrogen-bond donors (Lipinski definition) is 1. The summed E-state index contributed by atoms with van der Waals surface area (Å²) >= 11 is 1.22. The van der Waals surface area contributed by atoms with Gasteiger partial charge in [-0.05, 0) is 43.3 Å². The number of esters is 1. The molecule has 0 bridgehead atoms. The molecule has 0 spiro atoms. The molecule has 1 unspecified atom stereocenters. The van der Waals surface area contributed by atoms with Crippen LogP contribution in [0, 0.1) is 0 Å². The third-order valence-electron chi connectivity index (χ3n) is 5.04. The SMILES string of the molecule is COc1ccc(-c2csc(NC(=O)COC(=O)C(C)N3C(=O)c4ccccc4C3=O)n2)cc1. The second-order valence-electron chi connectivity index (χ2n) is 7.12. The standard InChI is InChI=1S/C23H19N3O6S/c1-13(26-20(28)16-5-3-4-6-17(16)21(26)29)22(30)32-11-19(27)25-23-24-18(12-33-23)14-7-9-15(31-2)10-8-14/h3-10,12-13H,11H2,1-2H3,(H,24,25,27). The van der Waals surface area contributed by atoms with E-state index in [0.29, 0.717) is 10.8 Å². The molecule has 168 valence electrons. The first-order valence-corrected chi connectivity index (χ1v) is 10.8. The van der Waals surface area contributed by atoms with Gasteiger partial charge in [-0.25, -0.2) is 9.78 Å². The molecular weight excluding hydrogens is 446 g/mol. The monoisotopic (exact) mass is 465 g/mol. The number of methoxy groups -OCH3 is 1. The van der Waals surface area contributed by atoms with Crippen molar-refractivity contribution < 1.29 is 28.7 Å². The molecule has 0 aliphatic carbocycles. The molecule has 4 rings (SSSR count). The van der Waals surface area contributed by atoms with Crippen molar-refractivity contribution in [1.29, 1.82) is 0 Å². The lowest BCUT2D eigenvalue weighted by molar-refractivity contribution is -0.150. The maximum absolute atomic E-state index is 12.5. The predicted molar refractivity (Wildman–Crippen MR) is 120 cm³/mol. The number of rotatable bonds is 7. The first-order valence-electron chi connectivity index (χ1n) is 9.92. The third-order valence-corrected chi connectivity index (χ3v) is 5.79. The number of anilines is 1. The van der Waals surface area contributed by atoms with Crippen molar-refractivity contribution in [3.05, 3.63) is 65.0 Å². The van der Waals surface area contributed by atoms with Crippen molar-refractivity contribution in [2.45, 2.75) is 13.0 Å². The summed E-state index contributed by atoms with van der Waals surface area (Å²) in [5.41, 5.74) is 2.00. The van der Waals surface area contributed by atoms with Crippen molar-refractivity contribution in [2.24, 2.45) is 0 Å². The Hall–Kier alpha value is -4.05. The van der Waals surface area contributed by atoms with Crippen LogP contribution in [0.2, 0.25) is 0 Å². The molecule has 1 aliphatic rings. The predicted octanol–water partition coefficient (Wildman–Crippen LogP) is 2.99. The number of nitrogens with one attached hydrogen (secondary N) is 1. The molecule has 33 heavy (non-hydrogen) atoms. The van der Waals surface area contributed by atoms with E-state index in [9.17, 15) is 19.2 Å². The zero-order chi connectivity index (χ0) is 23.5. The highest BCUT2D eigenvalue weighted by Gasteiger charge is 2.41. The molecule has 0 fully saturated rings. The average Bonchev–Trinajstić information content (AvgIpc) is 3.40. The summed E-state index contributed by atoms with van der Waals surface area (Å²) in [6, 6.07) is 12.5. The summed E-state index contributed by atoms with van der Waals surface area (Å²) in [4.78, 5) is 54.8. The van der Waals surface area contributed by atoms with E-state index in [-0.39, 0.29) is 11.1 Å². The number of nitrogens with zero attached hydrogens (tertiary/aromatic N) is 2. The number of carbonyl (C=O) groups is 4. The van der Waals surface area contributed by atoms with Crippen LogP contribution < -0.4 is 10.1 Å². The Morgan fingerprint density at radius 1 is 1.06 bits per heavy atom. The van der Waals surface area contributed by atoms with Gasteiger partial charge in [0.2, 0.25) is 0 Å². The minimum Gasteiger partial charge on any atom is -0.497 e. The topological polar surface area (TPSA) is 115 Å². The normalized spacial score (nSPS) is 13.5. The summed E-state index contributed by atoms with van der Waals surface area (Å²) in [6.45, 7) is 0.799. The van der Waals surface area contributed by atoms with Crippen molar-refractivity contribution in [1.82, 2.24) is 9.88 Å². The zero-order valence-corrected chi connectivity index (χ0v) is 18.5. The van der Waals surface area contributed by atoms with Crippen molar-refractivity contribution in [3.63, 3.8) is 0 Å². The minimum absolute atomic E-state index is 0.233. The number of ether oxygens (including phenoxy) is 2. The van der Waals surface area contributed by atoms with Crippen LogP contribution >= 0.6 is 11.3 Å². The van der Waals surface area contributed by atoms with Gasteiger partial charge in [-0.2, -0.15) is 0 Å². The van der Waals surface area contributed by atoms with Gasteiger partial charge in [-0.1, -0.05) is 12.1 Å². The molecule has 3 amide bonds. The maximum Gasteiger partial charge on any atom is 0.329 e. The van der Waals surface area contributed by atoms with Crippen LogP contribution in [0.15, 0.2) is 53.9 Å². The van der Waals surface area contributed by atoms with Crippen molar-refractivity contribution in [2.75, 3.05) is 19.0 Å². The Kier molecular flexibility index (Phi) is 6.18. The zero-order valence-electron chi connectivity index (χ0n) is 17.7. The van der Waals surface area contributed by atoms with Gasteiger partial charge in [0.25, 0.3) is 17.7 Å². The fourth-order valence-corrected chi connectivity index (χ4v) is 4.04. The van der Waals surface area contributed by atoms with Gasteiger partial charge in [0, 0.05) is 10.9 Å². The van der Waals surface area contributed by atoms with E-state index in [2.05, 4.69) is 10.3 Å². The minimum atomic E-state index is -1.17. The maximum atomic E-state index is 12.5. The summed E-state index contributed by atoms with van der Waals surface area (Å²) in [6.07, 6.45) is 0. The van der Waals surface area contributed by atoms with Gasteiger partial charge in [0.15, 0.2) is 11.7 Å². The molecule has 1 N–H and O–H groups in total. The molecule has 3 aromatic rings. The van der Waals surface area contributed by atoms with Gasteiger partial charge in [-0.15, -0.1) is 11.3 Å². The Morgan fingerprint density at radius 2 is 1.70 bits per heavy atom. The molecule has 2 aromatic carbocycles. The van der Waals surface area contributed by atoms with Gasteiger partial charge in [0.05, 0.1) is 23.9 Å². The van der Waals surface area contributed by atoms with Gasteiger partial charge < -0.3 is 9.47 Å². The molecule has 0 saturated heterocycles. The van der Waals surface area contributed by atoms with Crippen LogP contribution in [0.25, 0.3) is 11.3 Å². The Labute approximate surface area is 193 Å². The third kappa shape index (κ3) is 4.46. The Balaban J connectivity index is 1.32. The van der Waals surface area contributed by atoms with Crippen LogP contribution in [-0.4, -0.2) is 53.3 Å². The fourth-order valence-electron chi connectivity index (χ4n) is 3.30. The summed E-state index contributed by atoms with van der Waals surface area (Å²) in [5, 5.41) is 4.70. The highest BCUT2D eigenvalue weighted by Crippen LogP contribution is 2.27. The number of imide groups is 1. The summed E-state index contributed by atoms with van der Waals surface area (Å²) < 4.78 is 10.2. The summed E-state index contributed by atoms with van der Waals surface area (Å²) in [5.74, 6) is -1.87. The quantitative estimate of drug-likeness (QED) is 0.421. The van der Waals surface area contributed by atoms with Crippen LogP contribution in [0.4, 0.5) is 5.13 Å². The van der Waals surface area contributed by atoms with Crippen LogP contribution in [-0.2, 0) is 14.3 Å². The Morgan fingerprint density at radius 3 is 2.30 bits per heavy atom. The number of amides is 3. The molecule has 0 saturated carbocycles. The molecule has 1 aromatic heterocycles. The molecule has 1 aliphatic heterocycles. The van der Waals surface area contributed by atoms with Crippen molar-refractivity contribution >= 4 is 40.2 Å². The van der Waals surface area contributed by atoms with E-state index in [0.717, 1.165) is 16.2 Å². The molecule has 0 radical (unpaired) electrons. The van der Waals surface area contributed by atoms with E-state index >= 15 is 0 Å². The lowest BCUT2D eigenvalue weighted by Gasteiger charge is -2.20. The molecule has 1 atom stereocenters. The average molecular weight is 465 g/mol. The second-order valence-corrected chi connectivity index (χ2v) is 7.98. The number of hydrogen-bond acceptors (Lipinski definition) is 8. The van der Waals surface area contributed by atoms with E-state index in [1.807, 2.05) is 24.3 Å². The highest BCUT2D eigenvalue weighted by molar-refractivity contribution is 7.14. The lowest BCUT2D eigenvalue weighted by atomic mass is 10.1. The first kappa shape index (κ1) is 22.2. The van der Waals surface area contributed by atoms with E-state index in [1.54, 1.807) is 24.6 Å². The van der Waals surface area contributed by atoms with E-state index in [1.165, 1.54) is 30.4 Å². The molecule has 10 heteroatoms. The van der Waals surface area contributed by atoms with Crippen molar-refractivity contribution in [3.8, 4) is 17.0 Å². The second kappa shape index (κ2) is 9.21. The molecular formula is C23H19N3O6S. The first-order chi connectivity index (χ1) is 15.9. The van der Waals surface area contributed by atoms with Crippen LogP contribution in [0.5, 0.6) is 5.75 Å². The number of thiazole rings is 1. The lowest BCUT2D eigenvalue weighted by Crippen LogP contribution is -2.44. The van der Waals surface area contributed by atoms with E-state index < -0.39 is 36.3 Å². The number of fused-ring (bicyclic) bond motifs is 1. The van der Waals surface area contributed by atoms with E-state index in [4.69, 9.17) is 9.47 Å². The largest absolute Gasteiger partial charge is 0.497 e. The smallest absolute Gasteiger partial charge is 0.329 e. The number of carbonyl (C=O) groups excluding carboxylic acids is 4. The van der Waals surface area contributed by atoms with Crippen LogP contribution in [0.1, 0.15) is 27.6 Å². The highest BCUT2D eigenvalue weighted by atomic mass is 32.1. The Bertz CT molecular complexity index is 1200. The molecule has 9 nitrogen and oxygen atoms in total. The molecule has 2 heterocycles. The van der Waals surface area contributed by atoms with Crippen LogP contribution in [0.3, 0.4) is 0 Å². The van der Waals surface area contributed by atoms with Gasteiger partial charge in [0.1, 0.15) is 11.8 Å². The summed E-state index contributed by atoms with van der Waals surface area (Å²) in [7, 11) is 1.58. The number of benzene rings is 2.